The molecule has 6 rings (SSSR count). The van der Waals surface area contributed by atoms with E-state index in [0.29, 0.717) is 0 Å². The fraction of sp³-hybridized carbons (Fsp3) is 0.0769. The molecule has 0 aromatic heterocycles. The molecule has 0 saturated heterocycles. The summed E-state index contributed by atoms with van der Waals surface area (Å²) < 4.78 is 12.3. The number of hydrogen-bond donors (Lipinski definition) is 1. The Hall–Kier alpha value is -3.13. The largest absolute Gasteiger partial charge is 0.427 e. The van der Waals surface area contributed by atoms with Crippen molar-refractivity contribution in [2.75, 3.05) is 0 Å². The Morgan fingerprint density at radius 1 is 0.533 bits per heavy atom. The third kappa shape index (κ3) is 2.82. The van der Waals surface area contributed by atoms with Crippen molar-refractivity contribution in [2.24, 2.45) is 5.50 Å². The van der Waals surface area contributed by atoms with Gasteiger partial charge in [-0.2, -0.15) is 0 Å². The molecule has 4 aromatic carbocycles. The minimum Gasteiger partial charge on any atom is -0.427 e. The zero-order valence-electron chi connectivity index (χ0n) is 16.3. The predicted octanol–water partition coefficient (Wildman–Crippen LogP) is 6.47. The van der Waals surface area contributed by atoms with Crippen LogP contribution in [0, 0.1) is 0 Å². The maximum atomic E-state index is 6.36. The Balaban J connectivity index is 1.26. The molecule has 3 nitrogen and oxygen atoms in total. The summed E-state index contributed by atoms with van der Waals surface area (Å²) in [5.74, 6) is 1.63. The molecule has 146 valence electrons. The van der Waals surface area contributed by atoms with Crippen molar-refractivity contribution in [1.29, 1.82) is 0 Å². The summed E-state index contributed by atoms with van der Waals surface area (Å²) in [6, 6.07) is 29.3. The van der Waals surface area contributed by atoms with Gasteiger partial charge >= 0.3 is 8.53 Å². The van der Waals surface area contributed by atoms with Gasteiger partial charge in [-0.25, -0.2) is 5.50 Å². The molecule has 2 aliphatic carbocycles. The topological polar surface area (TPSA) is 44.5 Å². The number of nitrogens with two attached hydrogens (primary N) is 1. The summed E-state index contributed by atoms with van der Waals surface area (Å²) in [6.45, 7) is 0. The van der Waals surface area contributed by atoms with Gasteiger partial charge < -0.3 is 9.05 Å². The van der Waals surface area contributed by atoms with Gasteiger partial charge in [0.25, 0.3) is 0 Å². The van der Waals surface area contributed by atoms with Gasteiger partial charge in [-0.1, -0.05) is 72.8 Å². The molecule has 0 bridgehead atoms. The molecule has 0 aliphatic heterocycles. The van der Waals surface area contributed by atoms with Crippen LogP contribution in [0.2, 0.25) is 0 Å². The summed E-state index contributed by atoms with van der Waals surface area (Å²) in [5.41, 5.74) is 16.4. The van der Waals surface area contributed by atoms with Crippen LogP contribution in [-0.2, 0) is 12.8 Å². The van der Waals surface area contributed by atoms with Gasteiger partial charge in [0.2, 0.25) is 0 Å². The predicted molar refractivity (Wildman–Crippen MR) is 122 cm³/mol. The van der Waals surface area contributed by atoms with Crippen molar-refractivity contribution in [3.63, 3.8) is 0 Å². The van der Waals surface area contributed by atoms with Crippen LogP contribution in [0.25, 0.3) is 22.3 Å². The van der Waals surface area contributed by atoms with Crippen LogP contribution in [0.4, 0.5) is 0 Å². The van der Waals surface area contributed by atoms with Gasteiger partial charge in [0.1, 0.15) is 11.5 Å². The van der Waals surface area contributed by atoms with E-state index in [1.165, 1.54) is 44.5 Å². The smallest absolute Gasteiger partial charge is 0.378 e. The SMILES string of the molecule is NP(Oc1cccc2c1Cc1ccccc1-2)Oc1cccc2c1Cc1ccccc1-2. The second-order valence-corrected chi connectivity index (χ2v) is 8.64. The summed E-state index contributed by atoms with van der Waals surface area (Å²) in [5, 5.41) is 0. The van der Waals surface area contributed by atoms with Crippen LogP contribution in [-0.4, -0.2) is 0 Å². The quantitative estimate of drug-likeness (QED) is 0.339. The first-order chi connectivity index (χ1) is 14.8. The average Bonchev–Trinajstić information content (AvgIpc) is 3.34. The number of fused-ring (bicyclic) bond motifs is 6. The Morgan fingerprint density at radius 2 is 0.967 bits per heavy atom. The lowest BCUT2D eigenvalue weighted by molar-refractivity contribution is 0.486. The van der Waals surface area contributed by atoms with Gasteiger partial charge in [-0.15, -0.1) is 0 Å². The summed E-state index contributed by atoms with van der Waals surface area (Å²) in [6.07, 6.45) is 1.72. The van der Waals surface area contributed by atoms with E-state index in [2.05, 4.69) is 60.7 Å². The second kappa shape index (κ2) is 6.98. The normalized spacial score (nSPS) is 12.9. The minimum atomic E-state index is -1.60. The molecule has 0 amide bonds. The van der Waals surface area contributed by atoms with Crippen LogP contribution in [0.5, 0.6) is 11.5 Å². The molecule has 4 heteroatoms. The van der Waals surface area contributed by atoms with Gasteiger partial charge in [0.05, 0.1) is 0 Å². The van der Waals surface area contributed by atoms with Crippen molar-refractivity contribution in [3.8, 4) is 33.8 Å². The van der Waals surface area contributed by atoms with E-state index in [-0.39, 0.29) is 0 Å². The monoisotopic (exact) mass is 409 g/mol. The van der Waals surface area contributed by atoms with Crippen molar-refractivity contribution in [3.05, 3.63) is 107 Å². The third-order valence-corrected chi connectivity index (χ3v) is 6.75. The Labute approximate surface area is 177 Å². The molecule has 0 heterocycles. The van der Waals surface area contributed by atoms with Crippen molar-refractivity contribution < 1.29 is 9.05 Å². The molecular weight excluding hydrogens is 389 g/mol. The molecule has 0 atom stereocenters. The lowest BCUT2D eigenvalue weighted by Gasteiger charge is -2.18. The van der Waals surface area contributed by atoms with Crippen LogP contribution in [0.3, 0.4) is 0 Å². The first kappa shape index (κ1) is 17.7. The van der Waals surface area contributed by atoms with Gasteiger partial charge in [0.15, 0.2) is 0 Å². The van der Waals surface area contributed by atoms with Crippen LogP contribution in [0.1, 0.15) is 22.3 Å². The molecule has 2 aliphatic rings. The number of rotatable bonds is 4. The molecule has 0 spiro atoms. The molecule has 4 aromatic rings. The minimum absolute atomic E-state index is 0.813. The summed E-state index contributed by atoms with van der Waals surface area (Å²) in [4.78, 5) is 0. The second-order valence-electron chi connectivity index (χ2n) is 7.70. The third-order valence-electron chi connectivity index (χ3n) is 5.99. The zero-order chi connectivity index (χ0) is 20.1. The lowest BCUT2D eigenvalue weighted by atomic mass is 10.1. The average molecular weight is 409 g/mol. The Bertz CT molecular complexity index is 1180. The summed E-state index contributed by atoms with van der Waals surface area (Å²) in [7, 11) is -1.60. The molecule has 30 heavy (non-hydrogen) atoms. The van der Waals surface area contributed by atoms with E-state index in [1.54, 1.807) is 0 Å². The maximum absolute atomic E-state index is 6.36. The molecule has 0 fully saturated rings. The highest BCUT2D eigenvalue weighted by Crippen LogP contribution is 2.47. The van der Waals surface area contributed by atoms with Crippen LogP contribution < -0.4 is 14.6 Å². The van der Waals surface area contributed by atoms with Gasteiger partial charge in [0, 0.05) is 24.0 Å². The van der Waals surface area contributed by atoms with E-state index in [4.69, 9.17) is 14.6 Å². The highest BCUT2D eigenvalue weighted by atomic mass is 31.2. The van der Waals surface area contributed by atoms with E-state index < -0.39 is 8.53 Å². The fourth-order valence-electron chi connectivity index (χ4n) is 4.64. The van der Waals surface area contributed by atoms with Gasteiger partial charge in [-0.05, 0) is 45.5 Å². The van der Waals surface area contributed by atoms with Crippen molar-refractivity contribution in [1.82, 2.24) is 0 Å². The van der Waals surface area contributed by atoms with E-state index in [9.17, 15) is 0 Å². The zero-order valence-corrected chi connectivity index (χ0v) is 17.2. The molecule has 0 unspecified atom stereocenters. The number of benzene rings is 4. The Morgan fingerprint density at radius 3 is 1.47 bits per heavy atom. The standard InChI is InChI=1S/C26H20NO2P/c27-30(28-25-13-5-11-21-19-9-3-1-7-17(19)15-23(21)25)29-26-14-6-12-22-20-10-4-2-8-18(20)16-24(22)26/h1-14H,15-16,27H2. The van der Waals surface area contributed by atoms with Crippen molar-refractivity contribution in [2.45, 2.75) is 12.8 Å². The first-order valence-corrected chi connectivity index (χ1v) is 11.3. The maximum Gasteiger partial charge on any atom is 0.378 e. The molecular formula is C26H20NO2P. The van der Waals surface area contributed by atoms with Crippen LogP contribution >= 0.6 is 8.53 Å². The molecule has 0 radical (unpaired) electrons. The molecule has 0 saturated carbocycles. The lowest BCUT2D eigenvalue weighted by Crippen LogP contribution is -2.06. The summed E-state index contributed by atoms with van der Waals surface area (Å²) >= 11 is 0. The molecule has 2 N–H and O–H groups in total. The Kier molecular flexibility index (Phi) is 4.12. The van der Waals surface area contributed by atoms with E-state index in [0.717, 1.165) is 24.3 Å². The van der Waals surface area contributed by atoms with Crippen molar-refractivity contribution >= 4 is 8.53 Å². The fourth-order valence-corrected chi connectivity index (χ4v) is 5.41. The highest BCUT2D eigenvalue weighted by molar-refractivity contribution is 7.45. The van der Waals surface area contributed by atoms with E-state index >= 15 is 0 Å². The first-order valence-electron chi connectivity index (χ1n) is 10.1. The number of hydrogen-bond acceptors (Lipinski definition) is 3. The van der Waals surface area contributed by atoms with Crippen LogP contribution in [0.15, 0.2) is 84.9 Å². The van der Waals surface area contributed by atoms with Gasteiger partial charge in [-0.3, -0.25) is 0 Å². The highest BCUT2D eigenvalue weighted by Gasteiger charge is 2.25. The van der Waals surface area contributed by atoms with E-state index in [1.807, 2.05) is 24.3 Å².